The van der Waals surface area contributed by atoms with Gasteiger partial charge in [0.1, 0.15) is 0 Å². The van der Waals surface area contributed by atoms with Crippen molar-refractivity contribution < 1.29 is 14.2 Å². The molecule has 1 aromatic carbocycles. The molecule has 120 valence electrons. The van der Waals surface area contributed by atoms with E-state index in [2.05, 4.69) is 19.2 Å². The molecule has 1 rings (SSSR count). The topological polar surface area (TPSA) is 41.5 Å². The second-order valence-electron chi connectivity index (χ2n) is 5.56. The molecule has 1 aromatic rings. The lowest BCUT2D eigenvalue weighted by Gasteiger charge is -2.18. The Morgan fingerprint density at radius 1 is 1.24 bits per heavy atom. The zero-order valence-electron chi connectivity index (χ0n) is 12.5. The molecule has 0 spiro atoms. The number of benzene rings is 1. The predicted molar refractivity (Wildman–Crippen MR) is 85.8 cm³/mol. The molecule has 0 amide bonds. The van der Waals surface area contributed by atoms with Crippen molar-refractivity contribution in [3.8, 4) is 0 Å². The maximum Gasteiger partial charge on any atom is 0.160 e. The van der Waals surface area contributed by atoms with Crippen LogP contribution >= 0.6 is 23.2 Å². The fraction of sp³-hybridized carbons (Fsp3) is 0.600. The van der Waals surface area contributed by atoms with Crippen LogP contribution < -0.4 is 5.32 Å². The number of anilines is 1. The first-order valence-corrected chi connectivity index (χ1v) is 7.73. The Morgan fingerprint density at radius 2 is 1.81 bits per heavy atom. The Hall–Kier alpha value is -0.550. The summed E-state index contributed by atoms with van der Waals surface area (Å²) < 4.78 is 18.8. The van der Waals surface area contributed by atoms with Gasteiger partial charge in [-0.05, 0) is 31.4 Å². The molecule has 0 radical (unpaired) electrons. The van der Waals surface area contributed by atoms with Gasteiger partial charge >= 0.3 is 0 Å². The molecule has 2 N–H and O–H groups in total. The Balaban J connectivity index is 2.38. The molecular formula is C15H22Cl2FNO2. The van der Waals surface area contributed by atoms with Crippen LogP contribution in [0.4, 0.5) is 10.1 Å². The number of nitrogens with one attached hydrogen (secondary N) is 1. The number of halogens is 3. The first-order chi connectivity index (χ1) is 9.79. The Kier molecular flexibility index (Phi) is 7.74. The van der Waals surface area contributed by atoms with Crippen molar-refractivity contribution in [3.05, 3.63) is 28.0 Å². The van der Waals surface area contributed by atoms with Gasteiger partial charge in [0.15, 0.2) is 5.82 Å². The lowest BCUT2D eigenvalue weighted by molar-refractivity contribution is -0.00443. The highest BCUT2D eigenvalue weighted by atomic mass is 35.5. The van der Waals surface area contributed by atoms with Crippen molar-refractivity contribution >= 4 is 28.9 Å². The Morgan fingerprint density at radius 3 is 2.33 bits per heavy atom. The van der Waals surface area contributed by atoms with Crippen LogP contribution in [0.25, 0.3) is 0 Å². The number of rotatable bonds is 8. The molecule has 0 bridgehead atoms. The van der Waals surface area contributed by atoms with Gasteiger partial charge in [0.05, 0.1) is 28.9 Å². The van der Waals surface area contributed by atoms with E-state index >= 15 is 0 Å². The molecule has 0 aliphatic rings. The van der Waals surface area contributed by atoms with Gasteiger partial charge < -0.3 is 15.2 Å². The number of hydrogen-bond donors (Lipinski definition) is 2. The van der Waals surface area contributed by atoms with Crippen molar-refractivity contribution in [3.63, 3.8) is 0 Å². The first-order valence-electron chi connectivity index (χ1n) is 6.97. The fourth-order valence-electron chi connectivity index (χ4n) is 1.96. The molecule has 0 fully saturated rings. The van der Waals surface area contributed by atoms with Crippen LogP contribution in [0.2, 0.25) is 10.0 Å². The average Bonchev–Trinajstić information content (AvgIpc) is 2.39. The van der Waals surface area contributed by atoms with E-state index in [-0.39, 0.29) is 29.3 Å². The van der Waals surface area contributed by atoms with Crippen LogP contribution in [0.15, 0.2) is 12.1 Å². The standard InChI is InChI=1S/C15H22Cl2FNO2/c1-9(2)4-10(3)21-8-12(20)7-19-11-5-13(16)15(18)14(17)6-11/h5-6,9-10,12,19-20H,4,7-8H2,1-3H3. The zero-order valence-corrected chi connectivity index (χ0v) is 14.0. The van der Waals surface area contributed by atoms with Gasteiger partial charge in [-0.25, -0.2) is 4.39 Å². The fourth-order valence-corrected chi connectivity index (χ4v) is 2.45. The Bertz CT molecular complexity index is 434. The summed E-state index contributed by atoms with van der Waals surface area (Å²) in [5.41, 5.74) is 0.556. The molecule has 2 unspecified atom stereocenters. The van der Waals surface area contributed by atoms with E-state index in [0.29, 0.717) is 11.6 Å². The first kappa shape index (κ1) is 18.5. The summed E-state index contributed by atoms with van der Waals surface area (Å²) >= 11 is 11.4. The normalized spacial score (nSPS) is 14.3. The summed E-state index contributed by atoms with van der Waals surface area (Å²) in [6.07, 6.45) is 0.389. The van der Waals surface area contributed by atoms with Gasteiger partial charge in [0.2, 0.25) is 0 Å². The second kappa shape index (κ2) is 8.79. The zero-order chi connectivity index (χ0) is 16.0. The van der Waals surface area contributed by atoms with Crippen LogP contribution in [0.1, 0.15) is 27.2 Å². The van der Waals surface area contributed by atoms with Crippen molar-refractivity contribution in [2.45, 2.75) is 39.4 Å². The van der Waals surface area contributed by atoms with Crippen molar-refractivity contribution in [1.29, 1.82) is 0 Å². The van der Waals surface area contributed by atoms with E-state index in [9.17, 15) is 9.50 Å². The van der Waals surface area contributed by atoms with Gasteiger partial charge in [-0.3, -0.25) is 0 Å². The van der Waals surface area contributed by atoms with Gasteiger partial charge in [-0.15, -0.1) is 0 Å². The minimum atomic E-state index is -0.665. The molecule has 6 heteroatoms. The number of hydrogen-bond acceptors (Lipinski definition) is 3. The van der Waals surface area contributed by atoms with Crippen molar-refractivity contribution in [1.82, 2.24) is 0 Å². The molecule has 0 saturated heterocycles. The minimum absolute atomic E-state index is 0.0544. The number of ether oxygens (including phenoxy) is 1. The van der Waals surface area contributed by atoms with Crippen LogP contribution in [0.5, 0.6) is 0 Å². The van der Waals surface area contributed by atoms with Crippen molar-refractivity contribution in [2.75, 3.05) is 18.5 Å². The third kappa shape index (κ3) is 6.83. The van der Waals surface area contributed by atoms with Crippen LogP contribution in [-0.4, -0.2) is 30.5 Å². The summed E-state index contributed by atoms with van der Waals surface area (Å²) in [6.45, 7) is 6.75. The van der Waals surface area contributed by atoms with E-state index in [1.54, 1.807) is 0 Å². The van der Waals surface area contributed by atoms with Crippen LogP contribution in [-0.2, 0) is 4.74 Å². The van der Waals surface area contributed by atoms with E-state index in [0.717, 1.165) is 6.42 Å². The van der Waals surface area contributed by atoms with Gasteiger partial charge in [-0.1, -0.05) is 37.0 Å². The van der Waals surface area contributed by atoms with E-state index in [1.165, 1.54) is 12.1 Å². The molecule has 0 aliphatic heterocycles. The highest BCUT2D eigenvalue weighted by Crippen LogP contribution is 2.27. The molecule has 3 nitrogen and oxygen atoms in total. The highest BCUT2D eigenvalue weighted by Gasteiger charge is 2.11. The third-order valence-electron chi connectivity index (χ3n) is 2.90. The summed E-state index contributed by atoms with van der Waals surface area (Å²) in [6, 6.07) is 2.86. The third-order valence-corrected chi connectivity index (χ3v) is 3.45. The molecule has 0 saturated carbocycles. The van der Waals surface area contributed by atoms with Crippen LogP contribution in [0, 0.1) is 11.7 Å². The van der Waals surface area contributed by atoms with E-state index < -0.39 is 11.9 Å². The maximum absolute atomic E-state index is 13.3. The summed E-state index contributed by atoms with van der Waals surface area (Å²) in [7, 11) is 0. The lowest BCUT2D eigenvalue weighted by atomic mass is 10.1. The molecule has 0 heterocycles. The number of aliphatic hydroxyl groups is 1. The smallest absolute Gasteiger partial charge is 0.160 e. The summed E-state index contributed by atoms with van der Waals surface area (Å²) in [4.78, 5) is 0. The quantitative estimate of drug-likeness (QED) is 0.692. The highest BCUT2D eigenvalue weighted by molar-refractivity contribution is 6.35. The monoisotopic (exact) mass is 337 g/mol. The summed E-state index contributed by atoms with van der Waals surface area (Å²) in [5, 5.41) is 12.7. The minimum Gasteiger partial charge on any atom is -0.389 e. The second-order valence-corrected chi connectivity index (χ2v) is 6.38. The van der Waals surface area contributed by atoms with Gasteiger partial charge in [0.25, 0.3) is 0 Å². The van der Waals surface area contributed by atoms with Gasteiger partial charge in [0, 0.05) is 12.2 Å². The Labute approximate surface area is 135 Å². The molecule has 0 aliphatic carbocycles. The maximum atomic E-state index is 13.3. The molecule has 2 atom stereocenters. The van der Waals surface area contributed by atoms with Crippen molar-refractivity contribution in [2.24, 2.45) is 5.92 Å². The summed E-state index contributed by atoms with van der Waals surface area (Å²) in [5.74, 6) is -0.0888. The predicted octanol–water partition coefficient (Wildman–Crippen LogP) is 4.36. The van der Waals surface area contributed by atoms with E-state index in [4.69, 9.17) is 27.9 Å². The largest absolute Gasteiger partial charge is 0.389 e. The van der Waals surface area contributed by atoms with Gasteiger partial charge in [-0.2, -0.15) is 0 Å². The van der Waals surface area contributed by atoms with Crippen LogP contribution in [0.3, 0.4) is 0 Å². The molecule has 21 heavy (non-hydrogen) atoms. The lowest BCUT2D eigenvalue weighted by Crippen LogP contribution is -2.27. The molecular weight excluding hydrogens is 316 g/mol. The molecule has 0 aromatic heterocycles. The number of aliphatic hydroxyl groups excluding tert-OH is 1. The SMILES string of the molecule is CC(C)CC(C)OCC(O)CNc1cc(Cl)c(F)c(Cl)c1. The average molecular weight is 338 g/mol. The van der Waals surface area contributed by atoms with E-state index in [1.807, 2.05) is 6.92 Å².